The molecular formula is C56H77ClN8O17S. The number of ketones is 1. The second-order valence-corrected chi connectivity index (χ2v) is 21.2. The summed E-state index contributed by atoms with van der Waals surface area (Å²) in [5.41, 5.74) is 4.38. The number of ether oxygens (including phenoxy) is 9. The number of fused-ring (bicyclic) bond motifs is 5. The summed E-state index contributed by atoms with van der Waals surface area (Å²) in [5.74, 6) is -1.60. The number of nitrogens with one attached hydrogen (secondary N) is 4. The van der Waals surface area contributed by atoms with Crippen LogP contribution in [0.25, 0.3) is 22.5 Å². The first kappa shape index (κ1) is 67.0. The average molecular weight is 1200 g/mol. The van der Waals surface area contributed by atoms with Gasteiger partial charge >= 0.3 is 18.3 Å². The molecule has 0 spiro atoms. The third-order valence-corrected chi connectivity index (χ3v) is 14.9. The number of carbonyl (C=O) groups is 6. The van der Waals surface area contributed by atoms with Crippen molar-refractivity contribution in [2.24, 2.45) is 0 Å². The van der Waals surface area contributed by atoms with E-state index in [0.29, 0.717) is 55.9 Å². The van der Waals surface area contributed by atoms with E-state index in [9.17, 15) is 37.2 Å². The van der Waals surface area contributed by atoms with Gasteiger partial charge in [-0.05, 0) is 68.4 Å². The van der Waals surface area contributed by atoms with Gasteiger partial charge in [-0.3, -0.25) is 14.4 Å². The van der Waals surface area contributed by atoms with Crippen molar-refractivity contribution >= 4 is 63.0 Å². The van der Waals surface area contributed by atoms with E-state index < -0.39 is 51.9 Å². The van der Waals surface area contributed by atoms with Crippen LogP contribution in [0.2, 0.25) is 5.02 Å². The van der Waals surface area contributed by atoms with Crippen LogP contribution in [-0.2, 0) is 75.1 Å². The smallest absolute Gasteiger partial charge is 0.407 e. The molecule has 0 aliphatic carbocycles. The third kappa shape index (κ3) is 22.4. The predicted octanol–water partition coefficient (Wildman–Crippen LogP) is 5.54. The SMILES string of the molecule is CNC(=O)OC(CCCOC)CS(=O)(=O)c1ccc(Cl)c(C(=O)CCCOCCOCCOCCn2nnc3c2-c2ccccc2N(C(=O)CCNC(=O)C(CCCCNC(=O)OCCOC)NC(=O)OCCOC)Cc2ccccc2-3)c1. The van der Waals surface area contributed by atoms with Gasteiger partial charge in [0, 0.05) is 84.2 Å². The molecule has 4 aromatic rings. The fraction of sp³-hybridized carbons (Fsp3) is 0.536. The number of para-hydroxylation sites is 1. The molecule has 0 radical (unpaired) electrons. The first-order valence-electron chi connectivity index (χ1n) is 27.4. The van der Waals surface area contributed by atoms with Crippen molar-refractivity contribution in [3.8, 4) is 22.5 Å². The number of hydrogen-bond donors (Lipinski definition) is 4. The monoisotopic (exact) mass is 1200 g/mol. The Kier molecular flexibility index (Phi) is 29.7. The molecule has 25 nitrogen and oxygen atoms in total. The summed E-state index contributed by atoms with van der Waals surface area (Å²) in [4.78, 5) is 79.0. The van der Waals surface area contributed by atoms with Crippen LogP contribution in [0.1, 0.15) is 67.3 Å². The van der Waals surface area contributed by atoms with E-state index in [2.05, 4.69) is 31.6 Å². The topological polar surface area (TPSA) is 302 Å². The second-order valence-electron chi connectivity index (χ2n) is 18.8. The zero-order valence-electron chi connectivity index (χ0n) is 47.5. The predicted molar refractivity (Wildman–Crippen MR) is 305 cm³/mol. The number of anilines is 1. The van der Waals surface area contributed by atoms with E-state index in [1.165, 1.54) is 46.6 Å². The van der Waals surface area contributed by atoms with Crippen LogP contribution in [0.15, 0.2) is 71.6 Å². The number of hydrogen-bond acceptors (Lipinski definition) is 19. The Labute approximate surface area is 488 Å². The van der Waals surface area contributed by atoms with Gasteiger partial charge in [-0.15, -0.1) is 5.10 Å². The number of alkyl carbamates (subject to hydrolysis) is 3. The van der Waals surface area contributed by atoms with Crippen molar-refractivity contribution < 1.29 is 79.8 Å². The van der Waals surface area contributed by atoms with E-state index in [0.717, 1.165) is 16.7 Å². The van der Waals surface area contributed by atoms with Crippen LogP contribution in [0.5, 0.6) is 0 Å². The van der Waals surface area contributed by atoms with Crippen molar-refractivity contribution in [3.05, 3.63) is 82.9 Å². The number of sulfone groups is 1. The quantitative estimate of drug-likeness (QED) is 0.0243. The van der Waals surface area contributed by atoms with E-state index in [1.54, 1.807) is 9.58 Å². The molecule has 5 rings (SSSR count). The molecule has 1 aromatic heterocycles. The zero-order chi connectivity index (χ0) is 59.8. The maximum Gasteiger partial charge on any atom is 0.407 e. The Hall–Kier alpha value is -6.78. The lowest BCUT2D eigenvalue weighted by Crippen LogP contribution is -2.47. The number of nitrogens with zero attached hydrogens (tertiary/aromatic N) is 4. The van der Waals surface area contributed by atoms with Gasteiger partial charge in [0.2, 0.25) is 11.8 Å². The van der Waals surface area contributed by atoms with Crippen LogP contribution in [0.4, 0.5) is 20.1 Å². The molecule has 0 saturated heterocycles. The largest absolute Gasteiger partial charge is 0.447 e. The van der Waals surface area contributed by atoms with Crippen molar-refractivity contribution in [3.63, 3.8) is 0 Å². The Bertz CT molecular complexity index is 2820. The molecule has 2 heterocycles. The molecule has 3 aromatic carbocycles. The normalized spacial score (nSPS) is 12.6. The number of aromatic nitrogens is 3. The molecule has 2 atom stereocenters. The maximum absolute atomic E-state index is 14.3. The third-order valence-electron chi connectivity index (χ3n) is 12.8. The van der Waals surface area contributed by atoms with E-state index in [-0.39, 0.29) is 139 Å². The summed E-state index contributed by atoms with van der Waals surface area (Å²) in [6.07, 6.45) is -0.854. The molecule has 2 unspecified atom stereocenters. The molecule has 0 saturated carbocycles. The molecule has 83 heavy (non-hydrogen) atoms. The molecule has 0 fully saturated rings. The number of methoxy groups -OCH3 is 3. The van der Waals surface area contributed by atoms with Gasteiger partial charge < -0.3 is 68.8 Å². The van der Waals surface area contributed by atoms with Crippen LogP contribution in [0, 0.1) is 0 Å². The van der Waals surface area contributed by atoms with Gasteiger partial charge in [0.05, 0.1) is 86.4 Å². The molecule has 1 aliphatic heterocycles. The highest BCUT2D eigenvalue weighted by molar-refractivity contribution is 7.91. The molecule has 4 N–H and O–H groups in total. The number of carbonyl (C=O) groups excluding carboxylic acids is 6. The molecule has 1 aliphatic rings. The fourth-order valence-corrected chi connectivity index (χ4v) is 10.3. The van der Waals surface area contributed by atoms with Crippen molar-refractivity contribution in [1.82, 2.24) is 36.3 Å². The highest BCUT2D eigenvalue weighted by atomic mass is 35.5. The number of unbranched alkanes of at least 4 members (excludes halogenated alkanes) is 1. The first-order chi connectivity index (χ1) is 40.2. The standard InChI is InChI=1S/C56H77ClN8O17S/c1-58-54(69)82-41(14-11-26-74-2)39-83(72,73)42-20-21-46(57)45(37-42)49(66)19-12-27-77-31-33-79-34-32-78-28-25-65-52-44-16-7-8-18-48(44)64(38-40-13-5-6-15-43(40)51(52)62-63-65)50(67)22-24-59-53(68)47(61-56(71)81-36-30-76-4)17-9-10-23-60-55(70)80-35-29-75-3/h5-8,13,15-16,18,20-21,37,41,47H,9-12,14,17,19,22-36,38-39H2,1-4H3,(H,58,69)(H,59,68)(H,60,70)(H,61,71). The summed E-state index contributed by atoms with van der Waals surface area (Å²) >= 11 is 6.33. The maximum atomic E-state index is 14.3. The fourth-order valence-electron chi connectivity index (χ4n) is 8.60. The number of benzene rings is 3. The lowest BCUT2D eigenvalue weighted by Gasteiger charge is -2.29. The second kappa shape index (κ2) is 36.7. The Morgan fingerprint density at radius 3 is 2.07 bits per heavy atom. The molecule has 0 bridgehead atoms. The van der Waals surface area contributed by atoms with Crippen molar-refractivity contribution in [1.29, 1.82) is 0 Å². The minimum Gasteiger partial charge on any atom is -0.447 e. The lowest BCUT2D eigenvalue weighted by atomic mass is 9.95. The average Bonchev–Trinajstić information content (AvgIpc) is 2.71. The van der Waals surface area contributed by atoms with E-state index >= 15 is 0 Å². The van der Waals surface area contributed by atoms with Gasteiger partial charge in [0.1, 0.15) is 31.1 Å². The Morgan fingerprint density at radius 2 is 1.35 bits per heavy atom. The Balaban J connectivity index is 1.08. The van der Waals surface area contributed by atoms with Crippen LogP contribution in [0.3, 0.4) is 0 Å². The molecular weight excluding hydrogens is 1120 g/mol. The first-order valence-corrected chi connectivity index (χ1v) is 29.4. The van der Waals surface area contributed by atoms with Gasteiger partial charge in [-0.1, -0.05) is 59.3 Å². The van der Waals surface area contributed by atoms with Crippen molar-refractivity contribution in [2.75, 3.05) is 125 Å². The molecule has 456 valence electrons. The van der Waals surface area contributed by atoms with Gasteiger partial charge in [-0.25, -0.2) is 27.5 Å². The summed E-state index contributed by atoms with van der Waals surface area (Å²) in [5, 5.41) is 19.6. The van der Waals surface area contributed by atoms with Gasteiger partial charge in [0.15, 0.2) is 15.6 Å². The highest BCUT2D eigenvalue weighted by Crippen LogP contribution is 2.41. The van der Waals surface area contributed by atoms with Gasteiger partial charge in [0.25, 0.3) is 0 Å². The highest BCUT2D eigenvalue weighted by Gasteiger charge is 2.30. The number of Topliss-reactive ketones (excluding diaryl/α,β-unsaturated/α-hetero) is 1. The van der Waals surface area contributed by atoms with Crippen LogP contribution >= 0.6 is 11.6 Å². The van der Waals surface area contributed by atoms with Crippen molar-refractivity contribution in [2.45, 2.75) is 81.5 Å². The molecule has 5 amide bonds. The number of halogens is 1. The number of rotatable bonds is 38. The van der Waals surface area contributed by atoms with E-state index in [1.807, 2.05) is 48.5 Å². The zero-order valence-corrected chi connectivity index (χ0v) is 49.1. The van der Waals surface area contributed by atoms with E-state index in [4.69, 9.17) is 54.2 Å². The summed E-state index contributed by atoms with van der Waals surface area (Å²) < 4.78 is 76.1. The molecule has 27 heteroatoms. The lowest BCUT2D eigenvalue weighted by molar-refractivity contribution is -0.123. The minimum absolute atomic E-state index is 0.0169. The minimum atomic E-state index is -3.97. The number of amides is 5. The van der Waals surface area contributed by atoms with Crippen LogP contribution < -0.4 is 26.2 Å². The summed E-state index contributed by atoms with van der Waals surface area (Å²) in [7, 11) is 1.89. The summed E-state index contributed by atoms with van der Waals surface area (Å²) in [6, 6.07) is 18.1. The Morgan fingerprint density at radius 1 is 0.675 bits per heavy atom. The van der Waals surface area contributed by atoms with Gasteiger partial charge in [-0.2, -0.15) is 0 Å². The summed E-state index contributed by atoms with van der Waals surface area (Å²) in [6.45, 7) is 3.27. The van der Waals surface area contributed by atoms with Crippen LogP contribution in [-0.4, -0.2) is 191 Å².